The Kier molecular flexibility index (Phi) is 5.36. The largest absolute Gasteiger partial charge is 0.487 e. The molecule has 0 bridgehead atoms. The highest BCUT2D eigenvalue weighted by Gasteiger charge is 2.40. The summed E-state index contributed by atoms with van der Waals surface area (Å²) in [5, 5.41) is 0. The molecule has 0 fully saturated rings. The second kappa shape index (κ2) is 7.71. The first-order valence-corrected chi connectivity index (χ1v) is 12.0. The molecule has 6 nitrogen and oxygen atoms in total. The lowest BCUT2D eigenvalue weighted by atomic mass is 9.84. The first-order valence-electron chi connectivity index (χ1n) is 10.5. The van der Waals surface area contributed by atoms with Crippen molar-refractivity contribution in [2.24, 2.45) is 0 Å². The number of nitrogens with zero attached hydrogens (tertiary/aromatic N) is 1. The van der Waals surface area contributed by atoms with Crippen LogP contribution in [0.4, 0.5) is 5.69 Å². The summed E-state index contributed by atoms with van der Waals surface area (Å²) in [5.74, 6) is 0.711. The van der Waals surface area contributed by atoms with Gasteiger partial charge in [0.15, 0.2) is 0 Å². The van der Waals surface area contributed by atoms with E-state index in [4.69, 9.17) is 4.74 Å². The molecule has 1 N–H and O–H groups in total. The SMILES string of the molecule is CCC1(CC)C[C@H](NS(=O)(=O)c2ccc3c(c2)CCN3C(C)=O)c2ccccc2O1. The lowest BCUT2D eigenvalue weighted by Crippen LogP contribution is -2.44. The van der Waals surface area contributed by atoms with E-state index in [2.05, 4.69) is 18.6 Å². The van der Waals surface area contributed by atoms with E-state index in [1.165, 1.54) is 6.92 Å². The molecule has 0 unspecified atom stereocenters. The molecule has 7 heteroatoms. The third kappa shape index (κ3) is 3.61. The Balaban J connectivity index is 1.66. The highest BCUT2D eigenvalue weighted by Crippen LogP contribution is 2.43. The van der Waals surface area contributed by atoms with Crippen LogP contribution in [0.2, 0.25) is 0 Å². The molecule has 160 valence electrons. The average Bonchev–Trinajstić information content (AvgIpc) is 3.17. The van der Waals surface area contributed by atoms with Crippen LogP contribution in [0.3, 0.4) is 0 Å². The van der Waals surface area contributed by atoms with Gasteiger partial charge in [0.25, 0.3) is 0 Å². The van der Waals surface area contributed by atoms with Gasteiger partial charge in [-0.25, -0.2) is 13.1 Å². The van der Waals surface area contributed by atoms with Crippen LogP contribution in [-0.2, 0) is 21.2 Å². The van der Waals surface area contributed by atoms with Gasteiger partial charge in [0.1, 0.15) is 11.4 Å². The molecule has 0 saturated heterocycles. The Labute approximate surface area is 178 Å². The van der Waals surface area contributed by atoms with Crippen molar-refractivity contribution in [3.63, 3.8) is 0 Å². The number of carbonyl (C=O) groups is 1. The Morgan fingerprint density at radius 1 is 1.20 bits per heavy atom. The first kappa shape index (κ1) is 20.9. The summed E-state index contributed by atoms with van der Waals surface area (Å²) in [6, 6.07) is 12.3. The third-order valence-electron chi connectivity index (χ3n) is 6.42. The number of ether oxygens (including phenoxy) is 1. The molecule has 2 aromatic carbocycles. The summed E-state index contributed by atoms with van der Waals surface area (Å²) >= 11 is 0. The highest BCUT2D eigenvalue weighted by molar-refractivity contribution is 7.89. The Morgan fingerprint density at radius 3 is 2.63 bits per heavy atom. The highest BCUT2D eigenvalue weighted by atomic mass is 32.2. The van der Waals surface area contributed by atoms with E-state index < -0.39 is 10.0 Å². The number of amides is 1. The molecule has 0 aromatic heterocycles. The van der Waals surface area contributed by atoms with Gasteiger partial charge in [0.05, 0.1) is 10.9 Å². The lowest BCUT2D eigenvalue weighted by Gasteiger charge is -2.41. The van der Waals surface area contributed by atoms with Gasteiger partial charge in [-0.2, -0.15) is 0 Å². The van der Waals surface area contributed by atoms with Gasteiger partial charge in [0, 0.05) is 31.1 Å². The third-order valence-corrected chi connectivity index (χ3v) is 7.89. The zero-order valence-electron chi connectivity index (χ0n) is 17.6. The summed E-state index contributed by atoms with van der Waals surface area (Å²) in [6.07, 6.45) is 2.85. The lowest BCUT2D eigenvalue weighted by molar-refractivity contribution is -0.116. The summed E-state index contributed by atoms with van der Waals surface area (Å²) in [6.45, 7) is 6.26. The maximum Gasteiger partial charge on any atom is 0.241 e. The maximum atomic E-state index is 13.3. The van der Waals surface area contributed by atoms with Gasteiger partial charge in [-0.1, -0.05) is 32.0 Å². The van der Waals surface area contributed by atoms with Gasteiger partial charge in [0.2, 0.25) is 15.9 Å². The molecule has 2 aromatic rings. The minimum absolute atomic E-state index is 0.0308. The number of sulfonamides is 1. The van der Waals surface area contributed by atoms with Crippen LogP contribution in [0.5, 0.6) is 5.75 Å². The van der Waals surface area contributed by atoms with Crippen LogP contribution in [-0.4, -0.2) is 26.5 Å². The van der Waals surface area contributed by atoms with Crippen molar-refractivity contribution in [2.75, 3.05) is 11.4 Å². The van der Waals surface area contributed by atoms with E-state index in [1.54, 1.807) is 23.1 Å². The number of nitrogens with one attached hydrogen (secondary N) is 1. The standard InChI is InChI=1S/C23H28N2O4S/c1-4-23(5-2)15-20(19-8-6-7-9-22(19)29-23)24-30(27,28)18-10-11-21-17(14-18)12-13-25(21)16(3)26/h6-11,14,20,24H,4-5,12-13,15H2,1-3H3/t20-/m0/s1. The molecule has 2 aliphatic heterocycles. The molecular formula is C23H28N2O4S. The van der Waals surface area contributed by atoms with Crippen molar-refractivity contribution in [1.82, 2.24) is 4.72 Å². The molecule has 1 amide bonds. The van der Waals surface area contributed by atoms with Crippen LogP contribution >= 0.6 is 0 Å². The number of hydrogen-bond acceptors (Lipinski definition) is 4. The molecule has 0 radical (unpaired) electrons. The fourth-order valence-electron chi connectivity index (χ4n) is 4.53. The van der Waals surface area contributed by atoms with E-state index in [0.29, 0.717) is 19.4 Å². The second-order valence-corrected chi connectivity index (χ2v) is 9.83. The number of fused-ring (bicyclic) bond motifs is 2. The van der Waals surface area contributed by atoms with Crippen molar-refractivity contribution >= 4 is 21.6 Å². The van der Waals surface area contributed by atoms with Crippen molar-refractivity contribution in [2.45, 2.75) is 63.0 Å². The van der Waals surface area contributed by atoms with Crippen LogP contribution in [0.15, 0.2) is 47.4 Å². The maximum absolute atomic E-state index is 13.3. The summed E-state index contributed by atoms with van der Waals surface area (Å²) in [4.78, 5) is 13.7. The molecule has 2 aliphatic rings. The van der Waals surface area contributed by atoms with E-state index in [-0.39, 0.29) is 22.4 Å². The number of para-hydroxylation sites is 1. The fourth-order valence-corrected chi connectivity index (χ4v) is 5.80. The van der Waals surface area contributed by atoms with Gasteiger partial charge in [-0.15, -0.1) is 0 Å². The zero-order valence-corrected chi connectivity index (χ0v) is 18.5. The number of rotatable bonds is 5. The monoisotopic (exact) mass is 428 g/mol. The minimum atomic E-state index is -3.74. The molecule has 0 spiro atoms. The Morgan fingerprint density at radius 2 is 1.93 bits per heavy atom. The topological polar surface area (TPSA) is 75.7 Å². The number of anilines is 1. The molecule has 1 atom stereocenters. The minimum Gasteiger partial charge on any atom is -0.487 e. The molecule has 0 saturated carbocycles. The van der Waals surface area contributed by atoms with Crippen LogP contribution in [0.1, 0.15) is 57.2 Å². The first-order chi connectivity index (χ1) is 14.3. The van der Waals surface area contributed by atoms with Crippen molar-refractivity contribution < 1.29 is 17.9 Å². The normalized spacial score (nSPS) is 19.7. The Bertz CT molecular complexity index is 1080. The van der Waals surface area contributed by atoms with Gasteiger partial charge >= 0.3 is 0 Å². The number of carbonyl (C=O) groups excluding carboxylic acids is 1. The summed E-state index contributed by atoms with van der Waals surface area (Å²) in [7, 11) is -3.74. The van der Waals surface area contributed by atoms with Crippen molar-refractivity contribution in [1.29, 1.82) is 0 Å². The molecule has 0 aliphatic carbocycles. The van der Waals surface area contributed by atoms with E-state index >= 15 is 0 Å². The number of hydrogen-bond donors (Lipinski definition) is 1. The van der Waals surface area contributed by atoms with E-state index in [9.17, 15) is 13.2 Å². The summed E-state index contributed by atoms with van der Waals surface area (Å²) < 4.78 is 35.8. The van der Waals surface area contributed by atoms with Crippen LogP contribution < -0.4 is 14.4 Å². The smallest absolute Gasteiger partial charge is 0.241 e. The fraction of sp³-hybridized carbons (Fsp3) is 0.435. The van der Waals surface area contributed by atoms with E-state index in [1.807, 2.05) is 24.3 Å². The van der Waals surface area contributed by atoms with Gasteiger partial charge < -0.3 is 9.64 Å². The predicted molar refractivity (Wildman–Crippen MR) is 116 cm³/mol. The zero-order chi connectivity index (χ0) is 21.5. The second-order valence-electron chi connectivity index (χ2n) is 8.12. The predicted octanol–water partition coefficient (Wildman–Crippen LogP) is 3.96. The average molecular weight is 429 g/mol. The molecule has 4 rings (SSSR count). The van der Waals surface area contributed by atoms with Gasteiger partial charge in [-0.05, 0) is 49.1 Å². The summed E-state index contributed by atoms with van der Waals surface area (Å²) in [5.41, 5.74) is 2.16. The van der Waals surface area contributed by atoms with Crippen LogP contribution in [0.25, 0.3) is 0 Å². The van der Waals surface area contributed by atoms with Crippen molar-refractivity contribution in [3.05, 3.63) is 53.6 Å². The van der Waals surface area contributed by atoms with E-state index in [0.717, 1.165) is 35.4 Å². The Hall–Kier alpha value is -2.38. The quantitative estimate of drug-likeness (QED) is 0.782. The molecule has 30 heavy (non-hydrogen) atoms. The number of benzene rings is 2. The van der Waals surface area contributed by atoms with Crippen LogP contribution in [0, 0.1) is 0 Å². The van der Waals surface area contributed by atoms with Gasteiger partial charge in [-0.3, -0.25) is 4.79 Å². The molecule has 2 heterocycles. The van der Waals surface area contributed by atoms with Crippen molar-refractivity contribution in [3.8, 4) is 5.75 Å². The molecular weight excluding hydrogens is 400 g/mol.